The summed E-state index contributed by atoms with van der Waals surface area (Å²) in [5.41, 5.74) is 6.99. The Labute approximate surface area is 92.3 Å². The molecule has 1 aromatic heterocycles. The van der Waals surface area contributed by atoms with E-state index in [-0.39, 0.29) is 11.9 Å². The van der Waals surface area contributed by atoms with E-state index in [2.05, 4.69) is 10.1 Å². The van der Waals surface area contributed by atoms with Crippen molar-refractivity contribution < 1.29 is 8.91 Å². The maximum absolute atomic E-state index is 13.2. The summed E-state index contributed by atoms with van der Waals surface area (Å²) < 4.78 is 18.1. The fraction of sp³-hybridized carbons (Fsp3) is 0.273. The van der Waals surface area contributed by atoms with E-state index < -0.39 is 0 Å². The molecular formula is C11H12FN3O. The minimum Gasteiger partial charge on any atom is -0.337 e. The van der Waals surface area contributed by atoms with E-state index in [1.807, 2.05) is 0 Å². The molecule has 1 heterocycles. The van der Waals surface area contributed by atoms with Crippen LogP contribution in [-0.2, 0) is 0 Å². The quantitative estimate of drug-likeness (QED) is 0.844. The van der Waals surface area contributed by atoms with Gasteiger partial charge in [-0.1, -0.05) is 5.16 Å². The summed E-state index contributed by atoms with van der Waals surface area (Å²) in [7, 11) is 0. The van der Waals surface area contributed by atoms with Crippen molar-refractivity contribution >= 4 is 0 Å². The Morgan fingerprint density at radius 1 is 1.38 bits per heavy atom. The summed E-state index contributed by atoms with van der Waals surface area (Å²) in [5.74, 6) is 0.383. The predicted molar refractivity (Wildman–Crippen MR) is 57.0 cm³/mol. The van der Waals surface area contributed by atoms with Crippen LogP contribution in [0.15, 0.2) is 22.7 Å². The molecule has 0 aliphatic heterocycles. The zero-order valence-electron chi connectivity index (χ0n) is 9.07. The average Bonchev–Trinajstić information content (AvgIpc) is 2.64. The van der Waals surface area contributed by atoms with Crippen LogP contribution in [0.1, 0.15) is 24.4 Å². The fourth-order valence-corrected chi connectivity index (χ4v) is 1.40. The summed E-state index contributed by atoms with van der Waals surface area (Å²) in [6, 6.07) is 4.27. The van der Waals surface area contributed by atoms with Crippen molar-refractivity contribution in [2.24, 2.45) is 5.73 Å². The molecule has 84 valence electrons. The van der Waals surface area contributed by atoms with Crippen molar-refractivity contribution in [1.82, 2.24) is 10.1 Å². The molecule has 1 aromatic carbocycles. The van der Waals surface area contributed by atoms with Crippen LogP contribution in [0, 0.1) is 12.7 Å². The maximum Gasteiger partial charge on any atom is 0.243 e. The van der Waals surface area contributed by atoms with Crippen LogP contribution in [0.4, 0.5) is 4.39 Å². The molecule has 0 aliphatic carbocycles. The number of hydrogen-bond acceptors (Lipinski definition) is 4. The van der Waals surface area contributed by atoms with Crippen molar-refractivity contribution in [2.75, 3.05) is 0 Å². The predicted octanol–water partition coefficient (Wildman–Crippen LogP) is 2.20. The Balaban J connectivity index is 2.42. The maximum atomic E-state index is 13.2. The summed E-state index contributed by atoms with van der Waals surface area (Å²) in [6.07, 6.45) is 0. The van der Waals surface area contributed by atoms with Crippen LogP contribution in [0.5, 0.6) is 0 Å². The third kappa shape index (κ3) is 2.09. The zero-order valence-corrected chi connectivity index (χ0v) is 9.07. The minimum absolute atomic E-state index is 0.317. The number of aromatic nitrogens is 2. The standard InChI is InChI=1S/C11H12FN3O/c1-6-3-8(5-9(12)4-6)10-14-11(7(2)13)16-15-10/h3-5,7H,13H2,1-2H3. The Bertz CT molecular complexity index is 487. The highest BCUT2D eigenvalue weighted by atomic mass is 19.1. The van der Waals surface area contributed by atoms with Gasteiger partial charge in [-0.3, -0.25) is 0 Å². The second-order valence-electron chi connectivity index (χ2n) is 3.76. The zero-order chi connectivity index (χ0) is 11.7. The number of nitrogens with two attached hydrogens (primary N) is 1. The molecule has 2 aromatic rings. The molecule has 0 spiro atoms. The molecule has 0 saturated heterocycles. The third-order valence-electron chi connectivity index (χ3n) is 2.13. The second-order valence-corrected chi connectivity index (χ2v) is 3.76. The molecule has 0 saturated carbocycles. The van der Waals surface area contributed by atoms with Crippen molar-refractivity contribution in [3.8, 4) is 11.4 Å². The van der Waals surface area contributed by atoms with Gasteiger partial charge < -0.3 is 10.3 Å². The molecule has 2 N–H and O–H groups in total. The highest BCUT2D eigenvalue weighted by Crippen LogP contribution is 2.20. The highest BCUT2D eigenvalue weighted by Gasteiger charge is 2.12. The van der Waals surface area contributed by atoms with E-state index in [1.165, 1.54) is 12.1 Å². The Kier molecular flexibility index (Phi) is 2.70. The summed E-state index contributed by atoms with van der Waals surface area (Å²) in [6.45, 7) is 3.55. The number of nitrogens with zero attached hydrogens (tertiary/aromatic N) is 2. The molecule has 1 atom stereocenters. The first-order chi connectivity index (χ1) is 7.56. The molecule has 0 fully saturated rings. The van der Waals surface area contributed by atoms with E-state index in [0.29, 0.717) is 17.3 Å². The lowest BCUT2D eigenvalue weighted by Crippen LogP contribution is -2.04. The smallest absolute Gasteiger partial charge is 0.243 e. The second kappa shape index (κ2) is 4.02. The first-order valence-electron chi connectivity index (χ1n) is 4.93. The highest BCUT2D eigenvalue weighted by molar-refractivity contribution is 5.55. The van der Waals surface area contributed by atoms with Gasteiger partial charge in [0.15, 0.2) is 0 Å². The lowest BCUT2D eigenvalue weighted by molar-refractivity contribution is 0.362. The molecule has 0 amide bonds. The van der Waals surface area contributed by atoms with Gasteiger partial charge in [-0.2, -0.15) is 4.98 Å². The van der Waals surface area contributed by atoms with Crippen LogP contribution < -0.4 is 5.73 Å². The Morgan fingerprint density at radius 2 is 2.12 bits per heavy atom. The van der Waals surface area contributed by atoms with Crippen LogP contribution in [0.3, 0.4) is 0 Å². The Morgan fingerprint density at radius 3 is 2.69 bits per heavy atom. The van der Waals surface area contributed by atoms with Gasteiger partial charge in [0.1, 0.15) is 5.82 Å². The van der Waals surface area contributed by atoms with Gasteiger partial charge >= 0.3 is 0 Å². The van der Waals surface area contributed by atoms with Crippen LogP contribution >= 0.6 is 0 Å². The molecule has 0 radical (unpaired) electrons. The molecule has 4 nitrogen and oxygen atoms in total. The largest absolute Gasteiger partial charge is 0.337 e. The monoisotopic (exact) mass is 221 g/mol. The lowest BCUT2D eigenvalue weighted by Gasteiger charge is -1.97. The summed E-state index contributed by atoms with van der Waals surface area (Å²) in [4.78, 5) is 4.09. The van der Waals surface area contributed by atoms with Gasteiger partial charge in [0.05, 0.1) is 6.04 Å². The lowest BCUT2D eigenvalue weighted by atomic mass is 10.1. The van der Waals surface area contributed by atoms with Crippen LogP contribution in [0.2, 0.25) is 0 Å². The SMILES string of the molecule is Cc1cc(F)cc(-c2noc(C(C)N)n2)c1. The number of hydrogen-bond donors (Lipinski definition) is 1. The molecule has 0 bridgehead atoms. The van der Waals surface area contributed by atoms with E-state index >= 15 is 0 Å². The fourth-order valence-electron chi connectivity index (χ4n) is 1.40. The van der Waals surface area contributed by atoms with Gasteiger partial charge in [-0.05, 0) is 37.6 Å². The minimum atomic E-state index is -0.323. The van der Waals surface area contributed by atoms with Crippen molar-refractivity contribution in [2.45, 2.75) is 19.9 Å². The van der Waals surface area contributed by atoms with Crippen LogP contribution in [-0.4, -0.2) is 10.1 Å². The summed E-state index contributed by atoms with van der Waals surface area (Å²) in [5, 5.41) is 3.76. The van der Waals surface area contributed by atoms with Crippen molar-refractivity contribution in [3.05, 3.63) is 35.5 Å². The number of aryl methyl sites for hydroxylation is 1. The molecule has 2 rings (SSSR count). The van der Waals surface area contributed by atoms with Crippen molar-refractivity contribution in [3.63, 3.8) is 0 Å². The van der Waals surface area contributed by atoms with Gasteiger partial charge in [0, 0.05) is 5.56 Å². The van der Waals surface area contributed by atoms with E-state index in [1.54, 1.807) is 19.9 Å². The van der Waals surface area contributed by atoms with Gasteiger partial charge in [-0.25, -0.2) is 4.39 Å². The van der Waals surface area contributed by atoms with Gasteiger partial charge in [0.25, 0.3) is 0 Å². The van der Waals surface area contributed by atoms with E-state index in [4.69, 9.17) is 10.3 Å². The molecule has 5 heteroatoms. The first-order valence-corrected chi connectivity index (χ1v) is 4.93. The number of benzene rings is 1. The molecular weight excluding hydrogens is 209 g/mol. The van der Waals surface area contributed by atoms with Gasteiger partial charge in [-0.15, -0.1) is 0 Å². The molecule has 1 unspecified atom stereocenters. The average molecular weight is 221 g/mol. The van der Waals surface area contributed by atoms with Crippen molar-refractivity contribution in [1.29, 1.82) is 0 Å². The molecule has 0 aliphatic rings. The van der Waals surface area contributed by atoms with E-state index in [9.17, 15) is 4.39 Å². The van der Waals surface area contributed by atoms with Gasteiger partial charge in [0.2, 0.25) is 11.7 Å². The third-order valence-corrected chi connectivity index (χ3v) is 2.13. The topological polar surface area (TPSA) is 64.9 Å². The Hall–Kier alpha value is -1.75. The van der Waals surface area contributed by atoms with Crippen LogP contribution in [0.25, 0.3) is 11.4 Å². The first kappa shape index (κ1) is 10.8. The molecule has 16 heavy (non-hydrogen) atoms. The normalized spacial score (nSPS) is 12.8. The van der Waals surface area contributed by atoms with E-state index in [0.717, 1.165) is 5.56 Å². The number of halogens is 1. The summed E-state index contributed by atoms with van der Waals surface area (Å²) >= 11 is 0. The number of rotatable bonds is 2.